The summed E-state index contributed by atoms with van der Waals surface area (Å²) in [6, 6.07) is 5.74. The summed E-state index contributed by atoms with van der Waals surface area (Å²) in [5.41, 5.74) is 2.41. The summed E-state index contributed by atoms with van der Waals surface area (Å²) < 4.78 is 45.0. The molecule has 0 saturated carbocycles. The van der Waals surface area contributed by atoms with E-state index in [1.54, 1.807) is 6.07 Å². The summed E-state index contributed by atoms with van der Waals surface area (Å²) in [6.45, 7) is 6.65. The van der Waals surface area contributed by atoms with E-state index in [1.165, 1.54) is 22.5 Å². The Labute approximate surface area is 147 Å². The maximum Gasteiger partial charge on any atom is 0.218 e. The van der Waals surface area contributed by atoms with E-state index in [4.69, 9.17) is 4.52 Å². The predicted octanol–water partition coefficient (Wildman–Crippen LogP) is 2.08. The quantitative estimate of drug-likeness (QED) is 0.809. The van der Waals surface area contributed by atoms with E-state index in [0.29, 0.717) is 38.3 Å². The van der Waals surface area contributed by atoms with Gasteiger partial charge in [0.2, 0.25) is 10.0 Å². The van der Waals surface area contributed by atoms with Crippen molar-refractivity contribution in [2.24, 2.45) is 0 Å². The molecule has 1 aliphatic rings. The van der Waals surface area contributed by atoms with E-state index < -0.39 is 15.8 Å². The Morgan fingerprint density at radius 1 is 1.20 bits per heavy atom. The van der Waals surface area contributed by atoms with Gasteiger partial charge in [0.25, 0.3) is 0 Å². The summed E-state index contributed by atoms with van der Waals surface area (Å²) >= 11 is 0. The summed E-state index contributed by atoms with van der Waals surface area (Å²) in [4.78, 5) is 2.20. The minimum atomic E-state index is -3.45. The van der Waals surface area contributed by atoms with Crippen LogP contribution in [0.25, 0.3) is 0 Å². The maximum atomic E-state index is 13.3. The van der Waals surface area contributed by atoms with Crippen LogP contribution in [0, 0.1) is 19.7 Å². The Morgan fingerprint density at radius 2 is 1.92 bits per heavy atom. The van der Waals surface area contributed by atoms with Gasteiger partial charge in [0.15, 0.2) is 0 Å². The van der Waals surface area contributed by atoms with E-state index in [9.17, 15) is 12.8 Å². The molecule has 0 N–H and O–H groups in total. The molecule has 1 aromatic carbocycles. The summed E-state index contributed by atoms with van der Waals surface area (Å²) in [6.07, 6.45) is 0. The lowest BCUT2D eigenvalue weighted by Crippen LogP contribution is -2.48. The highest BCUT2D eigenvalue weighted by molar-refractivity contribution is 7.88. The highest BCUT2D eigenvalue weighted by Gasteiger charge is 2.28. The highest BCUT2D eigenvalue weighted by Crippen LogP contribution is 2.18. The van der Waals surface area contributed by atoms with Crippen molar-refractivity contribution in [3.8, 4) is 0 Å². The number of aryl methyl sites for hydroxylation is 2. The lowest BCUT2D eigenvalue weighted by molar-refractivity contribution is 0.180. The number of hydrogen-bond donors (Lipinski definition) is 0. The fourth-order valence-corrected chi connectivity index (χ4v) is 4.55. The third-order valence-corrected chi connectivity index (χ3v) is 6.38. The van der Waals surface area contributed by atoms with Crippen molar-refractivity contribution in [3.63, 3.8) is 0 Å². The van der Waals surface area contributed by atoms with Crippen molar-refractivity contribution in [1.29, 1.82) is 0 Å². The number of hydrogen-bond acceptors (Lipinski definition) is 5. The van der Waals surface area contributed by atoms with Crippen molar-refractivity contribution in [2.45, 2.75) is 26.1 Å². The Kier molecular flexibility index (Phi) is 5.21. The first-order valence-corrected chi connectivity index (χ1v) is 9.82. The number of aromatic nitrogens is 1. The first-order valence-electron chi connectivity index (χ1n) is 8.21. The van der Waals surface area contributed by atoms with Crippen LogP contribution in [-0.2, 0) is 22.3 Å². The molecule has 0 aliphatic carbocycles. The molecule has 1 aromatic heterocycles. The molecule has 0 amide bonds. The van der Waals surface area contributed by atoms with Gasteiger partial charge in [-0.25, -0.2) is 12.8 Å². The molecule has 3 rings (SSSR count). The van der Waals surface area contributed by atoms with Gasteiger partial charge in [-0.1, -0.05) is 17.3 Å². The molecule has 0 unspecified atom stereocenters. The van der Waals surface area contributed by atoms with E-state index >= 15 is 0 Å². The number of rotatable bonds is 5. The topological polar surface area (TPSA) is 66.7 Å². The van der Waals surface area contributed by atoms with E-state index in [-0.39, 0.29) is 5.75 Å². The van der Waals surface area contributed by atoms with Crippen LogP contribution in [0.2, 0.25) is 0 Å². The lowest BCUT2D eigenvalue weighted by Gasteiger charge is -2.33. The molecule has 8 heteroatoms. The Bertz CT molecular complexity index is 823. The van der Waals surface area contributed by atoms with Crippen molar-refractivity contribution in [1.82, 2.24) is 14.4 Å². The molecule has 1 aliphatic heterocycles. The third-order valence-electron chi connectivity index (χ3n) is 4.53. The van der Waals surface area contributed by atoms with E-state index in [0.717, 1.165) is 17.0 Å². The van der Waals surface area contributed by atoms with Crippen molar-refractivity contribution in [3.05, 3.63) is 52.7 Å². The van der Waals surface area contributed by atoms with Gasteiger partial charge in [0, 0.05) is 38.3 Å². The fourth-order valence-electron chi connectivity index (χ4n) is 3.05. The molecule has 0 bridgehead atoms. The Morgan fingerprint density at radius 3 is 2.52 bits per heavy atom. The number of nitrogens with zero attached hydrogens (tertiary/aromatic N) is 3. The molecule has 2 aromatic rings. The number of piperazine rings is 1. The number of halogens is 1. The normalized spacial score (nSPS) is 17.1. The second-order valence-electron chi connectivity index (χ2n) is 6.36. The Hall–Kier alpha value is -1.77. The van der Waals surface area contributed by atoms with Crippen LogP contribution in [0.4, 0.5) is 4.39 Å². The minimum absolute atomic E-state index is 0.172. The van der Waals surface area contributed by atoms with Crippen LogP contribution >= 0.6 is 0 Å². The molecule has 136 valence electrons. The average molecular weight is 367 g/mol. The molecule has 0 radical (unpaired) electrons. The smallest absolute Gasteiger partial charge is 0.218 e. The first-order chi connectivity index (χ1) is 11.8. The van der Waals surface area contributed by atoms with Gasteiger partial charge in [-0.15, -0.1) is 0 Å². The van der Waals surface area contributed by atoms with Crippen molar-refractivity contribution >= 4 is 10.0 Å². The molecule has 1 fully saturated rings. The van der Waals surface area contributed by atoms with Gasteiger partial charge >= 0.3 is 0 Å². The van der Waals surface area contributed by atoms with Gasteiger partial charge in [-0.05, 0) is 31.5 Å². The molecular weight excluding hydrogens is 345 g/mol. The van der Waals surface area contributed by atoms with Crippen LogP contribution < -0.4 is 0 Å². The summed E-state index contributed by atoms with van der Waals surface area (Å²) in [7, 11) is -3.45. The van der Waals surface area contributed by atoms with Gasteiger partial charge in [0.1, 0.15) is 11.6 Å². The number of sulfonamides is 1. The van der Waals surface area contributed by atoms with E-state index in [1.807, 2.05) is 13.8 Å². The zero-order valence-corrected chi connectivity index (χ0v) is 15.2. The minimum Gasteiger partial charge on any atom is -0.361 e. The summed E-state index contributed by atoms with van der Waals surface area (Å²) in [5, 5.41) is 3.95. The zero-order valence-electron chi connectivity index (χ0n) is 14.4. The summed E-state index contributed by atoms with van der Waals surface area (Å²) in [5.74, 6) is 0.213. The molecule has 25 heavy (non-hydrogen) atoms. The van der Waals surface area contributed by atoms with Crippen LogP contribution in [0.3, 0.4) is 0 Å². The molecular formula is C17H22FN3O3S. The predicted molar refractivity (Wildman–Crippen MR) is 91.9 cm³/mol. The molecule has 0 atom stereocenters. The standard InChI is InChI=1S/C17H22FN3O3S/c1-13-17(14(2)24-19-13)11-20-6-8-21(9-7-20)25(22,23)12-15-4-3-5-16(18)10-15/h3-5,10H,6-9,11-12H2,1-2H3. The SMILES string of the molecule is Cc1noc(C)c1CN1CCN(S(=O)(=O)Cc2cccc(F)c2)CC1. The molecule has 2 heterocycles. The van der Waals surface area contributed by atoms with Gasteiger partial charge in [0.05, 0.1) is 11.4 Å². The highest BCUT2D eigenvalue weighted by atomic mass is 32.2. The number of benzene rings is 1. The fraction of sp³-hybridized carbons (Fsp3) is 0.471. The van der Waals surface area contributed by atoms with Gasteiger partial charge in [-0.2, -0.15) is 4.31 Å². The zero-order chi connectivity index (χ0) is 18.0. The Balaban J connectivity index is 1.59. The first kappa shape index (κ1) is 18.0. The van der Waals surface area contributed by atoms with Crippen molar-refractivity contribution in [2.75, 3.05) is 26.2 Å². The van der Waals surface area contributed by atoms with Crippen LogP contribution in [0.15, 0.2) is 28.8 Å². The van der Waals surface area contributed by atoms with Gasteiger partial charge in [-0.3, -0.25) is 4.90 Å². The molecule has 0 spiro atoms. The van der Waals surface area contributed by atoms with Crippen molar-refractivity contribution < 1.29 is 17.3 Å². The second kappa shape index (κ2) is 7.23. The van der Waals surface area contributed by atoms with Crippen LogP contribution in [0.5, 0.6) is 0 Å². The third kappa shape index (κ3) is 4.26. The van der Waals surface area contributed by atoms with Crippen LogP contribution in [-0.4, -0.2) is 49.0 Å². The maximum absolute atomic E-state index is 13.3. The second-order valence-corrected chi connectivity index (χ2v) is 8.33. The molecule has 6 nitrogen and oxygen atoms in total. The van der Waals surface area contributed by atoms with Gasteiger partial charge < -0.3 is 4.52 Å². The largest absolute Gasteiger partial charge is 0.361 e. The molecule has 1 saturated heterocycles. The monoisotopic (exact) mass is 367 g/mol. The van der Waals surface area contributed by atoms with E-state index in [2.05, 4.69) is 10.1 Å². The average Bonchev–Trinajstić information content (AvgIpc) is 2.87. The van der Waals surface area contributed by atoms with Crippen LogP contribution in [0.1, 0.15) is 22.6 Å². The lowest BCUT2D eigenvalue weighted by atomic mass is 10.2.